The third kappa shape index (κ3) is 11.0. The van der Waals surface area contributed by atoms with Gasteiger partial charge in [-0.2, -0.15) is 0 Å². The maximum Gasteiger partial charge on any atom is 1.00 e. The zero-order valence-corrected chi connectivity index (χ0v) is 27.5. The minimum atomic E-state index is -5.41. The molecule has 1 amide bonds. The topological polar surface area (TPSA) is 220 Å². The molecule has 180 valence electrons. The second-order valence-corrected chi connectivity index (χ2v) is 9.49. The molecule has 1 aliphatic rings. The average molecular weight is 591 g/mol. The summed E-state index contributed by atoms with van der Waals surface area (Å²) < 4.78 is 110. The fourth-order valence-electron chi connectivity index (χ4n) is 3.05. The maximum atomic E-state index is 12.9. The van der Waals surface area contributed by atoms with Crippen LogP contribution in [0.2, 0.25) is 0 Å². The number of hydrogen-bond donors (Lipinski definition) is 0. The number of carbonyl (C=O) groups is 1. The smallest absolute Gasteiger partial charge is 0.716 e. The predicted molar refractivity (Wildman–Crippen MR) is 102 cm³/mol. The fourth-order valence-corrected chi connectivity index (χ4v) is 4.10. The second-order valence-electron chi connectivity index (χ2n) is 6.54. The van der Waals surface area contributed by atoms with E-state index in [-0.39, 0.29) is 119 Å². The minimum absolute atomic E-state index is 0. The first-order valence-electron chi connectivity index (χ1n) is 8.61. The third-order valence-corrected chi connectivity index (χ3v) is 5.41. The number of benzene rings is 2. The summed E-state index contributed by atoms with van der Waals surface area (Å²) >= 11 is 0. The SMILES string of the molecule is O=C(c1ccc(OS(=O)(=O)[O-])c(OS(=O)(=O)[O-])c1)N1CCc2cc(OS(=O)(=O)[O-])ccc2C1.[Na+].[Na+].[Na+]. The Bertz CT molecular complexity index is 1430. The molecule has 0 bridgehead atoms. The van der Waals surface area contributed by atoms with Gasteiger partial charge in [-0.25, -0.2) is 25.3 Å². The van der Waals surface area contributed by atoms with Crippen molar-refractivity contribution in [2.45, 2.75) is 13.0 Å². The van der Waals surface area contributed by atoms with Gasteiger partial charge in [-0.1, -0.05) is 6.07 Å². The molecule has 0 fully saturated rings. The fraction of sp³-hybridized carbons (Fsp3) is 0.188. The van der Waals surface area contributed by atoms with Gasteiger partial charge >= 0.3 is 88.7 Å². The average Bonchev–Trinajstić information content (AvgIpc) is 2.65. The van der Waals surface area contributed by atoms with E-state index in [1.807, 2.05) is 0 Å². The van der Waals surface area contributed by atoms with E-state index < -0.39 is 48.6 Å². The van der Waals surface area contributed by atoms with E-state index in [0.717, 1.165) is 18.2 Å². The van der Waals surface area contributed by atoms with E-state index in [2.05, 4.69) is 12.5 Å². The first-order chi connectivity index (χ1) is 15.1. The number of nitrogens with zero attached hydrogens (tertiary/aromatic N) is 1. The van der Waals surface area contributed by atoms with Crippen LogP contribution in [0.1, 0.15) is 21.5 Å². The van der Waals surface area contributed by atoms with E-state index in [0.29, 0.717) is 11.1 Å². The number of rotatable bonds is 7. The van der Waals surface area contributed by atoms with E-state index in [1.54, 1.807) is 0 Å². The number of amides is 1. The molecule has 3 rings (SSSR count). The monoisotopic (exact) mass is 591 g/mol. The Morgan fingerprint density at radius 3 is 1.83 bits per heavy atom. The Kier molecular flexibility index (Phi) is 13.9. The maximum absolute atomic E-state index is 12.9. The molecule has 0 unspecified atom stereocenters. The molecule has 20 heteroatoms. The summed E-state index contributed by atoms with van der Waals surface area (Å²) in [5.41, 5.74) is 0.998. The Hall–Kier alpha value is 0.0400. The van der Waals surface area contributed by atoms with Crippen LogP contribution in [-0.2, 0) is 44.2 Å². The summed E-state index contributed by atoms with van der Waals surface area (Å²) in [6.07, 6.45) is 0.241. The van der Waals surface area contributed by atoms with Crippen LogP contribution in [0.3, 0.4) is 0 Å². The van der Waals surface area contributed by atoms with Crippen LogP contribution in [0.4, 0.5) is 0 Å². The molecule has 2 aromatic rings. The van der Waals surface area contributed by atoms with Crippen LogP contribution in [-0.4, -0.2) is 56.3 Å². The van der Waals surface area contributed by atoms with Crippen LogP contribution in [0.25, 0.3) is 0 Å². The van der Waals surface area contributed by atoms with Crippen molar-refractivity contribution in [2.75, 3.05) is 6.54 Å². The van der Waals surface area contributed by atoms with E-state index >= 15 is 0 Å². The number of fused-ring (bicyclic) bond motifs is 1. The standard InChI is InChI=1S/C16H15NO13S3.3Na/c18-16(11-2-4-14(29-32(22,23)24)15(8-11)30-33(25,26)27)17-6-5-10-7-13(28-31(19,20)21)3-1-12(10)9-17;;;/h1-4,7-8H,5-6,9H2,(H,19,20,21)(H,22,23,24)(H,25,26,27);;;/q;3*+1/p-3. The molecule has 0 atom stereocenters. The normalized spacial score (nSPS) is 13.1. The molecule has 0 aliphatic carbocycles. The van der Waals surface area contributed by atoms with Crippen molar-refractivity contribution in [2.24, 2.45) is 0 Å². The molecule has 0 N–H and O–H groups in total. The van der Waals surface area contributed by atoms with Gasteiger partial charge in [0.05, 0.1) is 0 Å². The van der Waals surface area contributed by atoms with Gasteiger partial charge in [0.2, 0.25) is 0 Å². The van der Waals surface area contributed by atoms with Crippen molar-refractivity contribution in [1.82, 2.24) is 4.90 Å². The molecule has 36 heavy (non-hydrogen) atoms. The van der Waals surface area contributed by atoms with Crippen molar-refractivity contribution in [1.29, 1.82) is 0 Å². The molecule has 0 aromatic heterocycles. The third-order valence-electron chi connectivity index (χ3n) is 4.25. The Labute approximate surface area is 273 Å². The van der Waals surface area contributed by atoms with Gasteiger partial charge in [-0.3, -0.25) is 4.79 Å². The Balaban J connectivity index is 0.00000408. The number of hydrogen-bond acceptors (Lipinski definition) is 13. The first kappa shape index (κ1) is 36.0. The molecular weight excluding hydrogens is 579 g/mol. The van der Waals surface area contributed by atoms with Crippen molar-refractivity contribution in [3.63, 3.8) is 0 Å². The summed E-state index contributed by atoms with van der Waals surface area (Å²) in [5, 5.41) is 0. The molecule has 2 aromatic carbocycles. The largest absolute Gasteiger partial charge is 1.00 e. The van der Waals surface area contributed by atoms with Crippen LogP contribution < -0.4 is 101 Å². The zero-order valence-electron chi connectivity index (χ0n) is 19.1. The van der Waals surface area contributed by atoms with Crippen molar-refractivity contribution in [3.8, 4) is 17.2 Å². The van der Waals surface area contributed by atoms with Crippen molar-refractivity contribution >= 4 is 37.1 Å². The summed E-state index contributed by atoms with van der Waals surface area (Å²) in [5.74, 6) is -2.75. The summed E-state index contributed by atoms with van der Waals surface area (Å²) in [7, 11) is -15.7. The van der Waals surface area contributed by atoms with Gasteiger partial charge in [0.1, 0.15) is 5.75 Å². The molecule has 14 nitrogen and oxygen atoms in total. The van der Waals surface area contributed by atoms with Gasteiger partial charge in [0.25, 0.3) is 37.1 Å². The second kappa shape index (κ2) is 13.9. The Morgan fingerprint density at radius 2 is 1.28 bits per heavy atom. The Morgan fingerprint density at radius 1 is 0.722 bits per heavy atom. The molecule has 0 radical (unpaired) electrons. The molecular formula is C16H12NNa3O13S3. The van der Waals surface area contributed by atoms with Gasteiger partial charge in [0, 0.05) is 18.7 Å². The van der Waals surface area contributed by atoms with Gasteiger partial charge in [-0.05, 0) is 47.9 Å². The zero-order chi connectivity index (χ0) is 24.6. The minimum Gasteiger partial charge on any atom is -0.716 e. The van der Waals surface area contributed by atoms with E-state index in [9.17, 15) is 43.7 Å². The molecule has 0 saturated heterocycles. The summed E-state index contributed by atoms with van der Waals surface area (Å²) in [6, 6.07) is 6.54. The molecule has 0 spiro atoms. The van der Waals surface area contributed by atoms with Crippen LogP contribution in [0.5, 0.6) is 17.2 Å². The molecule has 1 aliphatic heterocycles. The van der Waals surface area contributed by atoms with Crippen molar-refractivity contribution < 1.29 is 145 Å². The van der Waals surface area contributed by atoms with E-state index in [4.69, 9.17) is 0 Å². The van der Waals surface area contributed by atoms with Crippen LogP contribution in [0.15, 0.2) is 36.4 Å². The van der Waals surface area contributed by atoms with Gasteiger partial charge < -0.3 is 31.1 Å². The van der Waals surface area contributed by atoms with Crippen LogP contribution in [0, 0.1) is 0 Å². The van der Waals surface area contributed by atoms with Gasteiger partial charge in [-0.15, -0.1) is 0 Å². The van der Waals surface area contributed by atoms with Crippen molar-refractivity contribution in [3.05, 3.63) is 53.1 Å². The first-order valence-corrected chi connectivity index (χ1v) is 12.6. The summed E-state index contributed by atoms with van der Waals surface area (Å²) in [4.78, 5) is 14.2. The quantitative estimate of drug-likeness (QED) is 0.166. The van der Waals surface area contributed by atoms with E-state index in [1.165, 1.54) is 23.1 Å². The summed E-state index contributed by atoms with van der Waals surface area (Å²) in [6.45, 7) is 0.143. The van der Waals surface area contributed by atoms with Gasteiger partial charge in [0.15, 0.2) is 11.5 Å². The number of carbonyl (C=O) groups excluding carboxylic acids is 1. The molecule has 1 heterocycles. The van der Waals surface area contributed by atoms with Crippen LogP contribution >= 0.6 is 0 Å². The molecule has 0 saturated carbocycles. The predicted octanol–water partition coefficient (Wildman–Crippen LogP) is -9.59.